The lowest BCUT2D eigenvalue weighted by Crippen LogP contribution is -2.19. The summed E-state index contributed by atoms with van der Waals surface area (Å²) in [6.45, 7) is 4.45. The quantitative estimate of drug-likeness (QED) is 0.417. The van der Waals surface area contributed by atoms with Gasteiger partial charge in [-0.3, -0.25) is 4.79 Å². The molecule has 0 atom stereocenters. The third-order valence-electron chi connectivity index (χ3n) is 2.64. The molecule has 1 fully saturated rings. The topological polar surface area (TPSA) is 17.1 Å². The van der Waals surface area contributed by atoms with Crippen LogP contribution in [0.5, 0.6) is 0 Å². The first kappa shape index (κ1) is 8.51. The van der Waals surface area contributed by atoms with Crippen LogP contribution in [-0.4, -0.2) is 6.29 Å². The highest BCUT2D eigenvalue weighted by Crippen LogP contribution is 2.39. The average Bonchev–Trinajstić information content (AvgIpc) is 1.94. The van der Waals surface area contributed by atoms with Gasteiger partial charge in [-0.2, -0.15) is 0 Å². The van der Waals surface area contributed by atoms with Gasteiger partial charge in [-0.15, -0.1) is 0 Å². The normalized spacial score (nSPS) is 26.9. The van der Waals surface area contributed by atoms with Gasteiger partial charge in [-0.05, 0) is 30.8 Å². The molecule has 0 radical (unpaired) electrons. The van der Waals surface area contributed by atoms with E-state index in [-0.39, 0.29) is 5.41 Å². The zero-order valence-corrected chi connectivity index (χ0v) is 7.39. The molecule has 0 amide bonds. The summed E-state index contributed by atoms with van der Waals surface area (Å²) in [5.74, 6) is 0. The van der Waals surface area contributed by atoms with Crippen molar-refractivity contribution in [2.45, 2.75) is 39.5 Å². The lowest BCUT2D eigenvalue weighted by molar-refractivity contribution is -0.104. The Morgan fingerprint density at radius 3 is 2.64 bits per heavy atom. The number of aldehydes is 1. The SMILES string of the molecule is CC1(C)CCCC/C1=C\C=O. The summed E-state index contributed by atoms with van der Waals surface area (Å²) in [5, 5.41) is 0. The summed E-state index contributed by atoms with van der Waals surface area (Å²) in [5.41, 5.74) is 1.61. The first-order valence-electron chi connectivity index (χ1n) is 4.31. The molecule has 1 aliphatic rings. The van der Waals surface area contributed by atoms with Crippen molar-refractivity contribution in [2.75, 3.05) is 0 Å². The van der Waals surface area contributed by atoms with Gasteiger partial charge in [-0.1, -0.05) is 25.8 Å². The predicted molar refractivity (Wildman–Crippen MR) is 46.4 cm³/mol. The van der Waals surface area contributed by atoms with Crippen LogP contribution in [0.3, 0.4) is 0 Å². The molecule has 11 heavy (non-hydrogen) atoms. The van der Waals surface area contributed by atoms with E-state index in [4.69, 9.17) is 0 Å². The van der Waals surface area contributed by atoms with Gasteiger partial charge < -0.3 is 0 Å². The molecule has 0 heterocycles. The molecule has 0 aromatic carbocycles. The number of carbonyl (C=O) groups excluding carboxylic acids is 1. The Labute approximate surface area is 68.5 Å². The van der Waals surface area contributed by atoms with Crippen LogP contribution in [0.15, 0.2) is 11.6 Å². The molecule has 0 saturated heterocycles. The molecule has 0 unspecified atom stereocenters. The Balaban J connectivity index is 2.75. The Morgan fingerprint density at radius 2 is 2.09 bits per heavy atom. The minimum Gasteiger partial charge on any atom is -0.299 e. The lowest BCUT2D eigenvalue weighted by Gasteiger charge is -2.32. The van der Waals surface area contributed by atoms with Gasteiger partial charge in [0, 0.05) is 0 Å². The van der Waals surface area contributed by atoms with Crippen LogP contribution < -0.4 is 0 Å². The first-order valence-corrected chi connectivity index (χ1v) is 4.31. The molecule has 1 rings (SSSR count). The molecule has 62 valence electrons. The van der Waals surface area contributed by atoms with Crippen molar-refractivity contribution in [3.8, 4) is 0 Å². The van der Waals surface area contributed by atoms with E-state index < -0.39 is 0 Å². The van der Waals surface area contributed by atoms with Crippen LogP contribution >= 0.6 is 0 Å². The number of hydrogen-bond acceptors (Lipinski definition) is 1. The molecule has 0 aromatic heterocycles. The largest absolute Gasteiger partial charge is 0.299 e. The smallest absolute Gasteiger partial charge is 0.142 e. The highest BCUT2D eigenvalue weighted by molar-refractivity contribution is 5.66. The minimum atomic E-state index is 0.277. The second-order valence-electron chi connectivity index (χ2n) is 3.92. The number of hydrogen-bond donors (Lipinski definition) is 0. The molecule has 1 aliphatic carbocycles. The molecular formula is C10H16O. The molecule has 0 bridgehead atoms. The van der Waals surface area contributed by atoms with Gasteiger partial charge >= 0.3 is 0 Å². The summed E-state index contributed by atoms with van der Waals surface area (Å²) in [7, 11) is 0. The third-order valence-corrected chi connectivity index (χ3v) is 2.64. The van der Waals surface area contributed by atoms with Gasteiger partial charge in [0.25, 0.3) is 0 Å². The van der Waals surface area contributed by atoms with E-state index in [1.807, 2.05) is 0 Å². The van der Waals surface area contributed by atoms with Crippen molar-refractivity contribution in [3.05, 3.63) is 11.6 Å². The first-order chi connectivity index (χ1) is 5.17. The average molecular weight is 152 g/mol. The predicted octanol–water partition coefficient (Wildman–Crippen LogP) is 2.71. The maximum Gasteiger partial charge on any atom is 0.142 e. The van der Waals surface area contributed by atoms with E-state index in [2.05, 4.69) is 13.8 Å². The zero-order valence-electron chi connectivity index (χ0n) is 7.39. The van der Waals surface area contributed by atoms with Crippen molar-refractivity contribution in [2.24, 2.45) is 5.41 Å². The van der Waals surface area contributed by atoms with Gasteiger partial charge in [0.2, 0.25) is 0 Å². The molecule has 0 aromatic rings. The van der Waals surface area contributed by atoms with Crippen LogP contribution in [0.4, 0.5) is 0 Å². The number of rotatable bonds is 1. The Kier molecular flexibility index (Phi) is 2.48. The van der Waals surface area contributed by atoms with Crippen LogP contribution in [0.25, 0.3) is 0 Å². The lowest BCUT2D eigenvalue weighted by atomic mass is 9.73. The molecule has 0 aliphatic heterocycles. The fraction of sp³-hybridized carbons (Fsp3) is 0.700. The van der Waals surface area contributed by atoms with Crippen molar-refractivity contribution in [1.29, 1.82) is 0 Å². The molecule has 1 heteroatoms. The fourth-order valence-corrected chi connectivity index (χ4v) is 1.77. The van der Waals surface area contributed by atoms with Gasteiger partial charge in [0.05, 0.1) is 0 Å². The Morgan fingerprint density at radius 1 is 1.36 bits per heavy atom. The summed E-state index contributed by atoms with van der Waals surface area (Å²) >= 11 is 0. The van der Waals surface area contributed by atoms with Gasteiger partial charge in [-0.25, -0.2) is 0 Å². The van der Waals surface area contributed by atoms with Crippen molar-refractivity contribution in [1.82, 2.24) is 0 Å². The van der Waals surface area contributed by atoms with Gasteiger partial charge in [0.15, 0.2) is 0 Å². The number of carbonyl (C=O) groups is 1. The van der Waals surface area contributed by atoms with Crippen LogP contribution in [-0.2, 0) is 4.79 Å². The summed E-state index contributed by atoms with van der Waals surface area (Å²) in [6.07, 6.45) is 7.58. The second kappa shape index (κ2) is 3.21. The summed E-state index contributed by atoms with van der Waals surface area (Å²) in [6, 6.07) is 0. The summed E-state index contributed by atoms with van der Waals surface area (Å²) < 4.78 is 0. The van der Waals surface area contributed by atoms with E-state index in [0.29, 0.717) is 0 Å². The van der Waals surface area contributed by atoms with E-state index in [0.717, 1.165) is 12.7 Å². The fourth-order valence-electron chi connectivity index (χ4n) is 1.77. The van der Waals surface area contributed by atoms with E-state index in [1.54, 1.807) is 6.08 Å². The van der Waals surface area contributed by atoms with Crippen LogP contribution in [0.2, 0.25) is 0 Å². The molecule has 1 saturated carbocycles. The second-order valence-corrected chi connectivity index (χ2v) is 3.92. The standard InChI is InChI=1S/C10H16O/c1-10(2)7-4-3-5-9(10)6-8-11/h6,8H,3-5,7H2,1-2H3/b9-6+. The molecule has 0 N–H and O–H groups in total. The highest BCUT2D eigenvalue weighted by Gasteiger charge is 2.25. The monoisotopic (exact) mass is 152 g/mol. The molecular weight excluding hydrogens is 136 g/mol. The van der Waals surface area contributed by atoms with Crippen LogP contribution in [0, 0.1) is 5.41 Å². The minimum absolute atomic E-state index is 0.277. The van der Waals surface area contributed by atoms with Gasteiger partial charge in [0.1, 0.15) is 6.29 Å². The maximum absolute atomic E-state index is 10.3. The number of allylic oxidation sites excluding steroid dienone is 2. The Hall–Kier alpha value is -0.590. The molecule has 1 nitrogen and oxygen atoms in total. The summed E-state index contributed by atoms with van der Waals surface area (Å²) in [4.78, 5) is 10.3. The van der Waals surface area contributed by atoms with E-state index in [1.165, 1.54) is 24.8 Å². The zero-order chi connectivity index (χ0) is 8.32. The maximum atomic E-state index is 10.3. The molecule has 0 spiro atoms. The van der Waals surface area contributed by atoms with Crippen molar-refractivity contribution >= 4 is 6.29 Å². The Bertz CT molecular complexity index is 177. The van der Waals surface area contributed by atoms with Crippen molar-refractivity contribution < 1.29 is 4.79 Å². The van der Waals surface area contributed by atoms with E-state index in [9.17, 15) is 4.79 Å². The highest BCUT2D eigenvalue weighted by atomic mass is 16.1. The van der Waals surface area contributed by atoms with Crippen LogP contribution in [0.1, 0.15) is 39.5 Å². The van der Waals surface area contributed by atoms with E-state index >= 15 is 0 Å². The van der Waals surface area contributed by atoms with Crippen molar-refractivity contribution in [3.63, 3.8) is 0 Å². The third kappa shape index (κ3) is 1.92.